The average Bonchev–Trinajstić information content (AvgIpc) is 3.41. The van der Waals surface area contributed by atoms with Crippen molar-refractivity contribution in [1.29, 1.82) is 0 Å². The van der Waals surface area contributed by atoms with Crippen LogP contribution in [0.25, 0.3) is 0 Å². The predicted octanol–water partition coefficient (Wildman–Crippen LogP) is 2.68. The molecule has 4 rings (SSSR count). The van der Waals surface area contributed by atoms with Gasteiger partial charge in [0.15, 0.2) is 5.76 Å². The summed E-state index contributed by atoms with van der Waals surface area (Å²) in [4.78, 5) is 31.4. The second-order valence-electron chi connectivity index (χ2n) is 8.31. The smallest absolute Gasteiger partial charge is 0.319 e. The molecule has 3 aliphatic rings. The molecule has 0 saturated carbocycles. The Kier molecular flexibility index (Phi) is 6.20. The first kappa shape index (κ1) is 19.3. The second kappa shape index (κ2) is 8.99. The van der Waals surface area contributed by atoms with E-state index in [1.807, 2.05) is 15.9 Å². The lowest BCUT2D eigenvalue weighted by molar-refractivity contribution is 0.0877. The molecule has 0 bridgehead atoms. The van der Waals surface area contributed by atoms with Gasteiger partial charge in [0.2, 0.25) is 0 Å². The first-order valence-electron chi connectivity index (χ1n) is 10.8. The second-order valence-corrected chi connectivity index (χ2v) is 8.31. The van der Waals surface area contributed by atoms with Crippen LogP contribution in [0.2, 0.25) is 0 Å². The summed E-state index contributed by atoms with van der Waals surface area (Å²) in [5.74, 6) is 1.10. The van der Waals surface area contributed by atoms with Crippen LogP contribution in [-0.4, -0.2) is 71.9 Å². The van der Waals surface area contributed by atoms with Gasteiger partial charge in [0, 0.05) is 32.2 Å². The Hall–Kier alpha value is -2.02. The normalized spacial score (nSPS) is 21.9. The standard InChI is InChI=1S/C21H32N4O3/c26-20(19-7-6-18(28-19)16-23-10-4-5-11-23)22-17-8-14-25(15-9-17)21(27)24-12-2-1-3-13-24/h6-7,17H,1-5,8-16H2,(H,22,26). The van der Waals surface area contributed by atoms with Crippen molar-refractivity contribution in [3.05, 3.63) is 23.7 Å². The molecule has 1 N–H and O–H groups in total. The van der Waals surface area contributed by atoms with Gasteiger partial charge in [-0.05, 0) is 70.2 Å². The fourth-order valence-electron chi connectivity index (χ4n) is 4.50. The van der Waals surface area contributed by atoms with Crippen molar-refractivity contribution in [2.75, 3.05) is 39.3 Å². The minimum atomic E-state index is -0.145. The zero-order chi connectivity index (χ0) is 19.3. The van der Waals surface area contributed by atoms with Crippen molar-refractivity contribution < 1.29 is 14.0 Å². The van der Waals surface area contributed by atoms with E-state index in [-0.39, 0.29) is 18.0 Å². The summed E-state index contributed by atoms with van der Waals surface area (Å²) in [6.07, 6.45) is 7.53. The molecule has 3 amide bonds. The summed E-state index contributed by atoms with van der Waals surface area (Å²) in [5.41, 5.74) is 0. The lowest BCUT2D eigenvalue weighted by atomic mass is 10.0. The van der Waals surface area contributed by atoms with E-state index in [1.165, 1.54) is 19.3 Å². The van der Waals surface area contributed by atoms with Crippen molar-refractivity contribution in [1.82, 2.24) is 20.0 Å². The molecule has 0 atom stereocenters. The molecule has 7 heteroatoms. The molecule has 3 saturated heterocycles. The summed E-state index contributed by atoms with van der Waals surface area (Å²) < 4.78 is 5.76. The fraction of sp³-hybridized carbons (Fsp3) is 0.714. The van der Waals surface area contributed by atoms with Crippen molar-refractivity contribution in [2.45, 2.75) is 57.5 Å². The Morgan fingerprint density at radius 2 is 1.54 bits per heavy atom. The average molecular weight is 389 g/mol. The van der Waals surface area contributed by atoms with Crippen LogP contribution >= 0.6 is 0 Å². The van der Waals surface area contributed by atoms with Gasteiger partial charge >= 0.3 is 6.03 Å². The lowest BCUT2D eigenvalue weighted by Gasteiger charge is -2.37. The number of likely N-dealkylation sites (tertiary alicyclic amines) is 3. The molecule has 1 aromatic rings. The maximum Gasteiger partial charge on any atom is 0.319 e. The van der Waals surface area contributed by atoms with Crippen molar-refractivity contribution in [3.8, 4) is 0 Å². The van der Waals surface area contributed by atoms with E-state index in [1.54, 1.807) is 6.07 Å². The zero-order valence-corrected chi connectivity index (χ0v) is 16.7. The molecular weight excluding hydrogens is 356 g/mol. The van der Waals surface area contributed by atoms with Gasteiger partial charge < -0.3 is 19.5 Å². The van der Waals surface area contributed by atoms with E-state index in [4.69, 9.17) is 4.42 Å². The number of hydrogen-bond acceptors (Lipinski definition) is 4. The molecule has 28 heavy (non-hydrogen) atoms. The van der Waals surface area contributed by atoms with Crippen LogP contribution < -0.4 is 5.32 Å². The van der Waals surface area contributed by atoms with Crippen LogP contribution in [0.4, 0.5) is 4.79 Å². The molecule has 0 unspecified atom stereocenters. The Morgan fingerprint density at radius 1 is 0.893 bits per heavy atom. The third-order valence-electron chi connectivity index (χ3n) is 6.19. The van der Waals surface area contributed by atoms with Crippen molar-refractivity contribution >= 4 is 11.9 Å². The first-order valence-corrected chi connectivity index (χ1v) is 10.8. The van der Waals surface area contributed by atoms with Crippen LogP contribution in [0.3, 0.4) is 0 Å². The highest BCUT2D eigenvalue weighted by atomic mass is 16.4. The van der Waals surface area contributed by atoms with E-state index < -0.39 is 0 Å². The zero-order valence-electron chi connectivity index (χ0n) is 16.7. The molecule has 3 aliphatic heterocycles. The maximum absolute atomic E-state index is 12.6. The predicted molar refractivity (Wildman–Crippen MR) is 106 cm³/mol. The number of amides is 3. The molecule has 0 radical (unpaired) electrons. The summed E-state index contributed by atoms with van der Waals surface area (Å²) in [6, 6.07) is 3.95. The highest BCUT2D eigenvalue weighted by Gasteiger charge is 2.28. The quantitative estimate of drug-likeness (QED) is 0.861. The third kappa shape index (κ3) is 4.69. The maximum atomic E-state index is 12.6. The number of urea groups is 1. The van der Waals surface area contributed by atoms with Gasteiger partial charge in [-0.2, -0.15) is 0 Å². The highest BCUT2D eigenvalue weighted by Crippen LogP contribution is 2.18. The van der Waals surface area contributed by atoms with Gasteiger partial charge in [0.05, 0.1) is 6.54 Å². The summed E-state index contributed by atoms with van der Waals surface area (Å²) in [7, 11) is 0. The molecule has 0 aliphatic carbocycles. The molecule has 0 aromatic carbocycles. The largest absolute Gasteiger partial charge is 0.455 e. The Morgan fingerprint density at radius 3 is 2.25 bits per heavy atom. The van der Waals surface area contributed by atoms with E-state index in [2.05, 4.69) is 10.2 Å². The van der Waals surface area contributed by atoms with E-state index >= 15 is 0 Å². The van der Waals surface area contributed by atoms with Crippen LogP contribution in [0, 0.1) is 0 Å². The first-order chi connectivity index (χ1) is 13.7. The summed E-state index contributed by atoms with van der Waals surface area (Å²) in [6.45, 7) is 6.18. The van der Waals surface area contributed by atoms with Gasteiger partial charge in [-0.25, -0.2) is 4.79 Å². The Labute approximate surface area is 167 Å². The van der Waals surface area contributed by atoms with E-state index in [0.717, 1.165) is 64.2 Å². The number of nitrogens with one attached hydrogen (secondary N) is 1. The van der Waals surface area contributed by atoms with Gasteiger partial charge in [-0.1, -0.05) is 0 Å². The Balaban J connectivity index is 1.22. The van der Waals surface area contributed by atoms with Crippen LogP contribution in [0.1, 0.15) is 61.3 Å². The van der Waals surface area contributed by atoms with Crippen LogP contribution in [0.5, 0.6) is 0 Å². The number of carbonyl (C=O) groups is 2. The molecule has 4 heterocycles. The topological polar surface area (TPSA) is 69.0 Å². The number of piperidine rings is 2. The van der Waals surface area contributed by atoms with Gasteiger partial charge in [-0.15, -0.1) is 0 Å². The van der Waals surface area contributed by atoms with Gasteiger partial charge in [0.1, 0.15) is 5.76 Å². The SMILES string of the molecule is O=C(NC1CCN(C(=O)N2CCCCC2)CC1)c1ccc(CN2CCCC2)o1. The van der Waals surface area contributed by atoms with Gasteiger partial charge in [-0.3, -0.25) is 9.69 Å². The molecule has 1 aromatic heterocycles. The molecule has 3 fully saturated rings. The number of rotatable bonds is 4. The Bertz CT molecular complexity index is 669. The molecule has 0 spiro atoms. The minimum Gasteiger partial charge on any atom is -0.455 e. The summed E-state index contributed by atoms with van der Waals surface area (Å²) >= 11 is 0. The number of carbonyl (C=O) groups excluding carboxylic acids is 2. The van der Waals surface area contributed by atoms with Crippen molar-refractivity contribution in [2.24, 2.45) is 0 Å². The van der Waals surface area contributed by atoms with Crippen LogP contribution in [0.15, 0.2) is 16.5 Å². The van der Waals surface area contributed by atoms with Crippen molar-refractivity contribution in [3.63, 3.8) is 0 Å². The van der Waals surface area contributed by atoms with E-state index in [0.29, 0.717) is 18.8 Å². The lowest BCUT2D eigenvalue weighted by Crippen LogP contribution is -2.51. The third-order valence-corrected chi connectivity index (χ3v) is 6.19. The highest BCUT2D eigenvalue weighted by molar-refractivity contribution is 5.91. The number of furan rings is 1. The molecular formula is C21H32N4O3. The minimum absolute atomic E-state index is 0.102. The molecule has 154 valence electrons. The number of hydrogen-bond donors (Lipinski definition) is 1. The number of nitrogens with zero attached hydrogens (tertiary/aromatic N) is 3. The van der Waals surface area contributed by atoms with Gasteiger partial charge in [0.25, 0.3) is 5.91 Å². The van der Waals surface area contributed by atoms with E-state index in [9.17, 15) is 9.59 Å². The fourth-order valence-corrected chi connectivity index (χ4v) is 4.50. The van der Waals surface area contributed by atoms with Crippen LogP contribution in [-0.2, 0) is 6.54 Å². The monoisotopic (exact) mass is 388 g/mol. The summed E-state index contributed by atoms with van der Waals surface area (Å²) in [5, 5.41) is 3.08. The molecule has 7 nitrogen and oxygen atoms in total.